The Labute approximate surface area is 150 Å². The van der Waals surface area contributed by atoms with Crippen molar-refractivity contribution >= 4 is 16.6 Å². The number of methoxy groups -OCH3 is 1. The minimum absolute atomic E-state index is 0.237. The van der Waals surface area contributed by atoms with E-state index in [1.807, 2.05) is 13.0 Å². The van der Waals surface area contributed by atoms with Crippen LogP contribution >= 0.6 is 0 Å². The highest BCUT2D eigenvalue weighted by molar-refractivity contribution is 5.92. The van der Waals surface area contributed by atoms with Gasteiger partial charge >= 0.3 is 0 Å². The molecule has 0 aliphatic carbocycles. The number of likely N-dealkylation sites (N-methyl/N-ethyl adjacent to an activating group) is 1. The Morgan fingerprint density at radius 3 is 2.80 bits per heavy atom. The van der Waals surface area contributed by atoms with E-state index in [-0.39, 0.29) is 6.61 Å². The minimum atomic E-state index is 0.237. The average molecular weight is 343 g/mol. The van der Waals surface area contributed by atoms with Crippen LogP contribution < -0.4 is 4.90 Å². The van der Waals surface area contributed by atoms with Crippen molar-refractivity contribution in [2.24, 2.45) is 11.8 Å². The van der Waals surface area contributed by atoms with Crippen LogP contribution in [-0.4, -0.2) is 68.5 Å². The molecule has 1 fully saturated rings. The van der Waals surface area contributed by atoms with Crippen molar-refractivity contribution in [3.8, 4) is 0 Å². The predicted octanol–water partition coefficient (Wildman–Crippen LogP) is 2.17. The molecule has 0 spiro atoms. The molecule has 1 aromatic heterocycles. The molecule has 1 saturated heterocycles. The summed E-state index contributed by atoms with van der Waals surface area (Å²) >= 11 is 0. The van der Waals surface area contributed by atoms with Gasteiger partial charge in [0.1, 0.15) is 0 Å². The summed E-state index contributed by atoms with van der Waals surface area (Å²) in [7, 11) is 3.86. The van der Waals surface area contributed by atoms with Crippen molar-refractivity contribution in [2.45, 2.75) is 6.92 Å². The maximum atomic E-state index is 9.88. The molecule has 1 aromatic carbocycles. The highest BCUT2D eigenvalue weighted by Gasteiger charge is 2.33. The molecular weight excluding hydrogens is 314 g/mol. The Kier molecular flexibility index (Phi) is 5.89. The third-order valence-electron chi connectivity index (χ3n) is 5.20. The third-order valence-corrected chi connectivity index (χ3v) is 5.20. The summed E-state index contributed by atoms with van der Waals surface area (Å²) in [6.45, 7) is 6.79. The van der Waals surface area contributed by atoms with Crippen LogP contribution in [0.4, 0.5) is 5.69 Å². The molecule has 0 radical (unpaired) electrons. The molecule has 2 atom stereocenters. The van der Waals surface area contributed by atoms with Crippen LogP contribution in [0.1, 0.15) is 5.69 Å². The van der Waals surface area contributed by atoms with Gasteiger partial charge in [0, 0.05) is 62.6 Å². The lowest BCUT2D eigenvalue weighted by Crippen LogP contribution is -2.33. The maximum Gasteiger partial charge on any atom is 0.0726 e. The molecule has 1 aliphatic rings. The SMILES string of the molecule is COCCN(C)CC1CN(c2cc(C)nc3ccccc23)CC1CO. The van der Waals surface area contributed by atoms with Gasteiger partial charge in [-0.15, -0.1) is 0 Å². The second-order valence-corrected chi connectivity index (χ2v) is 7.16. The minimum Gasteiger partial charge on any atom is -0.396 e. The van der Waals surface area contributed by atoms with Crippen molar-refractivity contribution in [1.82, 2.24) is 9.88 Å². The molecule has 2 unspecified atom stereocenters. The van der Waals surface area contributed by atoms with Crippen molar-refractivity contribution in [2.75, 3.05) is 58.5 Å². The van der Waals surface area contributed by atoms with Gasteiger partial charge in [0.2, 0.25) is 0 Å². The number of aromatic nitrogens is 1. The van der Waals surface area contributed by atoms with Gasteiger partial charge in [0.25, 0.3) is 0 Å². The van der Waals surface area contributed by atoms with Crippen LogP contribution in [0.5, 0.6) is 0 Å². The van der Waals surface area contributed by atoms with Crippen molar-refractivity contribution in [3.05, 3.63) is 36.0 Å². The maximum absolute atomic E-state index is 9.88. The van der Waals surface area contributed by atoms with Gasteiger partial charge in [-0.05, 0) is 32.0 Å². The first-order valence-electron chi connectivity index (χ1n) is 9.02. The van der Waals surface area contributed by atoms with Gasteiger partial charge in [0.15, 0.2) is 0 Å². The Bertz CT molecular complexity index is 706. The third kappa shape index (κ3) is 4.11. The van der Waals surface area contributed by atoms with E-state index in [0.717, 1.165) is 44.0 Å². The van der Waals surface area contributed by atoms with E-state index in [1.165, 1.54) is 11.1 Å². The molecule has 136 valence electrons. The van der Waals surface area contributed by atoms with Crippen molar-refractivity contribution in [1.29, 1.82) is 0 Å². The fourth-order valence-electron chi connectivity index (χ4n) is 3.84. The summed E-state index contributed by atoms with van der Waals surface area (Å²) in [5, 5.41) is 11.1. The summed E-state index contributed by atoms with van der Waals surface area (Å²) in [6.07, 6.45) is 0. The van der Waals surface area contributed by atoms with Gasteiger partial charge in [-0.1, -0.05) is 18.2 Å². The zero-order chi connectivity index (χ0) is 17.8. The number of nitrogens with zero attached hydrogens (tertiary/aromatic N) is 3. The molecular formula is C20H29N3O2. The molecule has 25 heavy (non-hydrogen) atoms. The predicted molar refractivity (Wildman–Crippen MR) is 102 cm³/mol. The number of para-hydroxylation sites is 1. The fourth-order valence-corrected chi connectivity index (χ4v) is 3.84. The van der Waals surface area contributed by atoms with Crippen LogP contribution in [0.15, 0.2) is 30.3 Å². The number of aliphatic hydroxyl groups is 1. The van der Waals surface area contributed by atoms with Crippen molar-refractivity contribution in [3.63, 3.8) is 0 Å². The average Bonchev–Trinajstić information content (AvgIpc) is 3.01. The highest BCUT2D eigenvalue weighted by atomic mass is 16.5. The van der Waals surface area contributed by atoms with Crippen molar-refractivity contribution < 1.29 is 9.84 Å². The zero-order valence-corrected chi connectivity index (χ0v) is 15.5. The van der Waals surface area contributed by atoms with E-state index in [1.54, 1.807) is 7.11 Å². The van der Waals surface area contributed by atoms with E-state index in [9.17, 15) is 5.11 Å². The quantitative estimate of drug-likeness (QED) is 0.835. The topological polar surface area (TPSA) is 48.8 Å². The molecule has 5 heteroatoms. The van der Waals surface area contributed by atoms with E-state index < -0.39 is 0 Å². The first-order chi connectivity index (χ1) is 12.1. The van der Waals surface area contributed by atoms with E-state index in [0.29, 0.717) is 11.8 Å². The van der Waals surface area contributed by atoms with Crippen LogP contribution in [0.2, 0.25) is 0 Å². The fraction of sp³-hybridized carbons (Fsp3) is 0.550. The van der Waals surface area contributed by atoms with Crippen LogP contribution in [-0.2, 0) is 4.74 Å². The van der Waals surface area contributed by atoms with Gasteiger partial charge in [-0.25, -0.2) is 0 Å². The van der Waals surface area contributed by atoms with Gasteiger partial charge in [-0.3, -0.25) is 4.98 Å². The van der Waals surface area contributed by atoms with Gasteiger partial charge < -0.3 is 19.6 Å². The molecule has 2 aromatic rings. The standard InChI is InChI=1S/C20H29N3O2/c1-15-10-20(18-6-4-5-7-19(18)21-15)23-12-16(17(13-23)14-24)11-22(2)8-9-25-3/h4-7,10,16-17,24H,8-9,11-14H2,1-3H3. The summed E-state index contributed by atoms with van der Waals surface area (Å²) < 4.78 is 5.17. The molecule has 3 rings (SSSR count). The number of ether oxygens (including phenoxy) is 1. The Hall–Kier alpha value is -1.69. The molecule has 0 saturated carbocycles. The summed E-state index contributed by atoms with van der Waals surface area (Å²) in [5.41, 5.74) is 3.32. The number of aryl methyl sites for hydroxylation is 1. The number of hydrogen-bond acceptors (Lipinski definition) is 5. The first kappa shape index (κ1) is 18.1. The number of pyridine rings is 1. The van der Waals surface area contributed by atoms with Gasteiger partial charge in [-0.2, -0.15) is 0 Å². The Balaban J connectivity index is 1.80. The van der Waals surface area contributed by atoms with Gasteiger partial charge in [0.05, 0.1) is 12.1 Å². The summed E-state index contributed by atoms with van der Waals surface area (Å²) in [4.78, 5) is 9.38. The lowest BCUT2D eigenvalue weighted by atomic mass is 9.96. The second-order valence-electron chi connectivity index (χ2n) is 7.16. The Morgan fingerprint density at radius 1 is 1.28 bits per heavy atom. The zero-order valence-electron chi connectivity index (χ0n) is 15.5. The Morgan fingerprint density at radius 2 is 2.04 bits per heavy atom. The summed E-state index contributed by atoms with van der Waals surface area (Å²) in [6, 6.07) is 10.5. The van der Waals surface area contributed by atoms with Crippen LogP contribution in [0, 0.1) is 18.8 Å². The first-order valence-corrected chi connectivity index (χ1v) is 9.02. The normalized spacial score (nSPS) is 20.8. The number of benzene rings is 1. The summed E-state index contributed by atoms with van der Waals surface area (Å²) in [5.74, 6) is 0.760. The molecule has 2 heterocycles. The van der Waals surface area contributed by atoms with Crippen LogP contribution in [0.25, 0.3) is 10.9 Å². The molecule has 5 nitrogen and oxygen atoms in total. The highest BCUT2D eigenvalue weighted by Crippen LogP contribution is 2.33. The number of rotatable bonds is 7. The van der Waals surface area contributed by atoms with E-state index in [2.05, 4.69) is 46.1 Å². The largest absolute Gasteiger partial charge is 0.396 e. The molecule has 1 aliphatic heterocycles. The lowest BCUT2D eigenvalue weighted by molar-refractivity contribution is 0.136. The lowest BCUT2D eigenvalue weighted by Gasteiger charge is -2.24. The second kappa shape index (κ2) is 8.13. The van der Waals surface area contributed by atoms with E-state index in [4.69, 9.17) is 4.74 Å². The monoisotopic (exact) mass is 343 g/mol. The molecule has 0 bridgehead atoms. The van der Waals surface area contributed by atoms with E-state index >= 15 is 0 Å². The number of fused-ring (bicyclic) bond motifs is 1. The number of aliphatic hydroxyl groups excluding tert-OH is 1. The molecule has 0 amide bonds. The smallest absolute Gasteiger partial charge is 0.0726 e. The molecule has 1 N–H and O–H groups in total. The number of hydrogen-bond donors (Lipinski definition) is 1. The van der Waals surface area contributed by atoms with Crippen LogP contribution in [0.3, 0.4) is 0 Å². The number of anilines is 1.